The lowest BCUT2D eigenvalue weighted by atomic mass is 9.87. The van der Waals surface area contributed by atoms with Crippen LogP contribution in [0, 0.1) is 0 Å². The number of alkyl carbamates (subject to hydrolysis) is 1. The number of nitrogens with zero attached hydrogens (tertiary/aromatic N) is 1. The number of hydrogen-bond acceptors (Lipinski definition) is 5. The topological polar surface area (TPSA) is 72.5 Å². The highest BCUT2D eigenvalue weighted by Gasteiger charge is 2.31. The van der Waals surface area contributed by atoms with Crippen molar-refractivity contribution in [3.63, 3.8) is 0 Å². The summed E-state index contributed by atoms with van der Waals surface area (Å²) in [6.45, 7) is 6.35. The average molecular weight is 307 g/mol. The molecule has 1 aliphatic carbocycles. The van der Waals surface area contributed by atoms with Crippen LogP contribution in [-0.2, 0) is 11.3 Å². The normalized spacial score (nSPS) is 20.9. The molecule has 0 bridgehead atoms. The predicted octanol–water partition coefficient (Wildman–Crippen LogP) is 2.24. The second-order valence-corrected chi connectivity index (χ2v) is 6.60. The molecular formula is C16H25N3O3. The second-order valence-electron chi connectivity index (χ2n) is 6.60. The Bertz CT molecular complexity index is 508. The van der Waals surface area contributed by atoms with Gasteiger partial charge < -0.3 is 20.1 Å². The van der Waals surface area contributed by atoms with E-state index in [1.807, 2.05) is 32.9 Å². The maximum atomic E-state index is 11.6. The molecule has 6 heteroatoms. The van der Waals surface area contributed by atoms with Crippen molar-refractivity contribution in [2.75, 3.05) is 7.11 Å². The minimum atomic E-state index is -0.452. The monoisotopic (exact) mass is 307 g/mol. The Labute approximate surface area is 131 Å². The Hall–Kier alpha value is -1.82. The number of methoxy groups -OCH3 is 1. The summed E-state index contributed by atoms with van der Waals surface area (Å²) in [4.78, 5) is 15.7. The van der Waals surface area contributed by atoms with Crippen LogP contribution in [0.3, 0.4) is 0 Å². The van der Waals surface area contributed by atoms with Gasteiger partial charge in [0.1, 0.15) is 5.60 Å². The van der Waals surface area contributed by atoms with Crippen LogP contribution < -0.4 is 15.4 Å². The van der Waals surface area contributed by atoms with Crippen LogP contribution in [-0.4, -0.2) is 35.9 Å². The van der Waals surface area contributed by atoms with Gasteiger partial charge in [0.15, 0.2) is 0 Å². The quantitative estimate of drug-likeness (QED) is 0.873. The molecule has 1 aliphatic rings. The van der Waals surface area contributed by atoms with E-state index in [4.69, 9.17) is 9.47 Å². The summed E-state index contributed by atoms with van der Waals surface area (Å²) in [7, 11) is 1.61. The van der Waals surface area contributed by atoms with E-state index >= 15 is 0 Å². The molecule has 0 atom stereocenters. The molecule has 22 heavy (non-hydrogen) atoms. The van der Waals surface area contributed by atoms with Gasteiger partial charge in [-0.3, -0.25) is 0 Å². The zero-order valence-electron chi connectivity index (χ0n) is 13.7. The molecule has 122 valence electrons. The van der Waals surface area contributed by atoms with Gasteiger partial charge in [0.05, 0.1) is 7.11 Å². The molecule has 0 aliphatic heterocycles. The molecule has 0 saturated heterocycles. The number of ether oxygens (including phenoxy) is 2. The Morgan fingerprint density at radius 2 is 2.09 bits per heavy atom. The van der Waals surface area contributed by atoms with E-state index in [1.165, 1.54) is 0 Å². The van der Waals surface area contributed by atoms with Crippen molar-refractivity contribution in [2.45, 2.75) is 57.8 Å². The number of amides is 1. The first-order chi connectivity index (χ1) is 10.4. The van der Waals surface area contributed by atoms with Gasteiger partial charge in [-0.05, 0) is 45.2 Å². The molecule has 2 N–H and O–H groups in total. The number of nitrogens with one attached hydrogen (secondary N) is 2. The van der Waals surface area contributed by atoms with Gasteiger partial charge in [0.25, 0.3) is 0 Å². The molecule has 0 spiro atoms. The summed E-state index contributed by atoms with van der Waals surface area (Å²) in [6, 6.07) is 4.49. The molecule has 0 unspecified atom stereocenters. The first-order valence-corrected chi connectivity index (χ1v) is 7.57. The maximum Gasteiger partial charge on any atom is 0.407 e. The van der Waals surface area contributed by atoms with Gasteiger partial charge in [-0.15, -0.1) is 0 Å². The Morgan fingerprint density at radius 3 is 2.73 bits per heavy atom. The van der Waals surface area contributed by atoms with E-state index in [9.17, 15) is 4.79 Å². The van der Waals surface area contributed by atoms with Gasteiger partial charge >= 0.3 is 6.09 Å². The van der Waals surface area contributed by atoms with Crippen LogP contribution >= 0.6 is 0 Å². The molecule has 1 fully saturated rings. The van der Waals surface area contributed by atoms with Gasteiger partial charge in [-0.1, -0.05) is 0 Å². The number of hydrogen-bond donors (Lipinski definition) is 2. The van der Waals surface area contributed by atoms with E-state index in [0.29, 0.717) is 11.9 Å². The summed E-state index contributed by atoms with van der Waals surface area (Å²) in [5, 5.41) is 6.35. The minimum Gasteiger partial charge on any atom is -0.481 e. The van der Waals surface area contributed by atoms with Crippen molar-refractivity contribution in [1.29, 1.82) is 0 Å². The SMILES string of the molecule is COc1cc(CNC2CC(NC(=O)OC(C)(C)C)C2)ccn1. The second kappa shape index (κ2) is 6.96. The molecular weight excluding hydrogens is 282 g/mol. The van der Waals surface area contributed by atoms with E-state index in [0.717, 1.165) is 24.9 Å². The lowest BCUT2D eigenvalue weighted by molar-refractivity contribution is 0.0465. The smallest absolute Gasteiger partial charge is 0.407 e. The molecule has 1 heterocycles. The molecule has 0 radical (unpaired) electrons. The summed E-state index contributed by atoms with van der Waals surface area (Å²) >= 11 is 0. The molecule has 0 aromatic carbocycles. The highest BCUT2D eigenvalue weighted by Crippen LogP contribution is 2.21. The van der Waals surface area contributed by atoms with Crippen molar-refractivity contribution >= 4 is 6.09 Å². The number of carbonyl (C=O) groups excluding carboxylic acids is 1. The number of pyridine rings is 1. The lowest BCUT2D eigenvalue weighted by Crippen LogP contribution is -2.52. The van der Waals surface area contributed by atoms with E-state index in [-0.39, 0.29) is 12.1 Å². The van der Waals surface area contributed by atoms with Gasteiger partial charge in [0, 0.05) is 30.9 Å². The fraction of sp³-hybridized carbons (Fsp3) is 0.625. The summed E-state index contributed by atoms with van der Waals surface area (Å²) < 4.78 is 10.3. The van der Waals surface area contributed by atoms with Crippen LogP contribution in [0.5, 0.6) is 5.88 Å². The van der Waals surface area contributed by atoms with Crippen LogP contribution in [0.25, 0.3) is 0 Å². The van der Waals surface area contributed by atoms with Gasteiger partial charge in [-0.25, -0.2) is 9.78 Å². The number of aromatic nitrogens is 1. The molecule has 2 rings (SSSR count). The number of carbonyl (C=O) groups is 1. The minimum absolute atomic E-state index is 0.194. The summed E-state index contributed by atoms with van der Waals surface area (Å²) in [5.41, 5.74) is 0.682. The van der Waals surface area contributed by atoms with Crippen molar-refractivity contribution in [3.05, 3.63) is 23.9 Å². The van der Waals surface area contributed by atoms with Crippen molar-refractivity contribution in [1.82, 2.24) is 15.6 Å². The third-order valence-electron chi connectivity index (χ3n) is 3.46. The maximum absolute atomic E-state index is 11.6. The van der Waals surface area contributed by atoms with Crippen LogP contribution in [0.1, 0.15) is 39.2 Å². The molecule has 1 amide bonds. The highest BCUT2D eigenvalue weighted by atomic mass is 16.6. The predicted molar refractivity (Wildman–Crippen MR) is 83.8 cm³/mol. The Kier molecular flexibility index (Phi) is 5.24. The molecule has 6 nitrogen and oxygen atoms in total. The summed E-state index contributed by atoms with van der Waals surface area (Å²) in [6.07, 6.45) is 3.24. The fourth-order valence-corrected chi connectivity index (χ4v) is 2.31. The largest absolute Gasteiger partial charge is 0.481 e. The average Bonchev–Trinajstić information content (AvgIpc) is 2.39. The van der Waals surface area contributed by atoms with Gasteiger partial charge in [-0.2, -0.15) is 0 Å². The standard InChI is InChI=1S/C16H25N3O3/c1-16(2,3)22-15(20)19-13-8-12(9-13)18-10-11-5-6-17-14(7-11)21-4/h5-7,12-13,18H,8-10H2,1-4H3,(H,19,20). The Morgan fingerprint density at radius 1 is 1.36 bits per heavy atom. The van der Waals surface area contributed by atoms with Gasteiger partial charge in [0.2, 0.25) is 5.88 Å². The van der Waals surface area contributed by atoms with Crippen molar-refractivity contribution in [2.24, 2.45) is 0 Å². The molecule has 1 aromatic heterocycles. The molecule has 1 saturated carbocycles. The lowest BCUT2D eigenvalue weighted by Gasteiger charge is -2.36. The first-order valence-electron chi connectivity index (χ1n) is 7.57. The number of rotatable bonds is 5. The fourth-order valence-electron chi connectivity index (χ4n) is 2.31. The zero-order chi connectivity index (χ0) is 16.2. The third kappa shape index (κ3) is 5.18. The zero-order valence-corrected chi connectivity index (χ0v) is 13.7. The highest BCUT2D eigenvalue weighted by molar-refractivity contribution is 5.68. The van der Waals surface area contributed by atoms with Crippen molar-refractivity contribution in [3.8, 4) is 5.88 Å². The molecule has 1 aromatic rings. The first kappa shape index (κ1) is 16.5. The van der Waals surface area contributed by atoms with Crippen LogP contribution in [0.15, 0.2) is 18.3 Å². The van der Waals surface area contributed by atoms with Crippen LogP contribution in [0.2, 0.25) is 0 Å². The van der Waals surface area contributed by atoms with E-state index in [1.54, 1.807) is 13.3 Å². The van der Waals surface area contributed by atoms with E-state index < -0.39 is 5.60 Å². The van der Waals surface area contributed by atoms with Crippen molar-refractivity contribution < 1.29 is 14.3 Å². The third-order valence-corrected chi connectivity index (χ3v) is 3.46. The summed E-state index contributed by atoms with van der Waals surface area (Å²) in [5.74, 6) is 0.623. The van der Waals surface area contributed by atoms with Crippen LogP contribution in [0.4, 0.5) is 4.79 Å². The van der Waals surface area contributed by atoms with E-state index in [2.05, 4.69) is 15.6 Å². The Balaban J connectivity index is 1.66.